The molecule has 1 aliphatic rings. The average Bonchev–Trinajstić information content (AvgIpc) is 2.26. The predicted molar refractivity (Wildman–Crippen MR) is 70.8 cm³/mol. The lowest BCUT2D eigenvalue weighted by molar-refractivity contribution is 0.0954. The minimum absolute atomic E-state index is 0.339. The summed E-state index contributed by atoms with van der Waals surface area (Å²) in [4.78, 5) is 2.61. The first-order valence-electron chi connectivity index (χ1n) is 6.69. The van der Waals surface area contributed by atoms with Gasteiger partial charge in [-0.05, 0) is 39.3 Å². The van der Waals surface area contributed by atoms with Crippen molar-refractivity contribution in [1.82, 2.24) is 15.5 Å². The zero-order valence-corrected chi connectivity index (χ0v) is 11.5. The van der Waals surface area contributed by atoms with Crippen LogP contribution in [0.5, 0.6) is 0 Å². The summed E-state index contributed by atoms with van der Waals surface area (Å²) in [6.45, 7) is 16.2. The summed E-state index contributed by atoms with van der Waals surface area (Å²) >= 11 is 0. The molecule has 0 bridgehead atoms. The largest absolute Gasteiger partial charge is 0.316 e. The molecule has 0 aromatic carbocycles. The summed E-state index contributed by atoms with van der Waals surface area (Å²) in [5.74, 6) is 0.752. The minimum Gasteiger partial charge on any atom is -0.316 e. The van der Waals surface area contributed by atoms with Crippen molar-refractivity contribution >= 4 is 0 Å². The van der Waals surface area contributed by atoms with Crippen LogP contribution in [0.2, 0.25) is 0 Å². The highest BCUT2D eigenvalue weighted by atomic mass is 15.2. The monoisotopic (exact) mass is 227 g/mol. The lowest BCUT2D eigenvalue weighted by Crippen LogP contribution is -2.54. The molecule has 0 saturated carbocycles. The van der Waals surface area contributed by atoms with E-state index in [9.17, 15) is 0 Å². The van der Waals surface area contributed by atoms with Crippen LogP contribution in [-0.4, -0.2) is 49.7 Å². The summed E-state index contributed by atoms with van der Waals surface area (Å²) in [5, 5.41) is 6.95. The fourth-order valence-electron chi connectivity index (χ4n) is 2.21. The van der Waals surface area contributed by atoms with Crippen LogP contribution < -0.4 is 10.6 Å². The van der Waals surface area contributed by atoms with Crippen LogP contribution in [0.3, 0.4) is 0 Å². The Labute approximate surface area is 101 Å². The lowest BCUT2D eigenvalue weighted by atomic mass is 9.97. The number of hydrogen-bond acceptors (Lipinski definition) is 3. The highest BCUT2D eigenvalue weighted by molar-refractivity contribution is 4.85. The van der Waals surface area contributed by atoms with Crippen molar-refractivity contribution in [2.45, 2.75) is 39.7 Å². The van der Waals surface area contributed by atoms with Crippen molar-refractivity contribution in [2.75, 3.05) is 39.3 Å². The van der Waals surface area contributed by atoms with Gasteiger partial charge in [-0.3, -0.25) is 4.90 Å². The number of rotatable bonds is 6. The molecule has 1 aliphatic heterocycles. The van der Waals surface area contributed by atoms with Crippen LogP contribution >= 0.6 is 0 Å². The average molecular weight is 227 g/mol. The molecule has 0 aromatic heterocycles. The van der Waals surface area contributed by atoms with E-state index in [2.05, 4.69) is 43.2 Å². The molecule has 96 valence electrons. The topological polar surface area (TPSA) is 27.3 Å². The maximum absolute atomic E-state index is 3.54. The van der Waals surface area contributed by atoms with Gasteiger partial charge < -0.3 is 10.6 Å². The molecule has 3 heteroatoms. The Bertz CT molecular complexity index is 184. The first-order chi connectivity index (χ1) is 7.52. The van der Waals surface area contributed by atoms with E-state index >= 15 is 0 Å². The summed E-state index contributed by atoms with van der Waals surface area (Å²) < 4.78 is 0. The summed E-state index contributed by atoms with van der Waals surface area (Å²) in [6.07, 6.45) is 1.24. The minimum atomic E-state index is 0.339. The van der Waals surface area contributed by atoms with Crippen molar-refractivity contribution in [1.29, 1.82) is 0 Å². The van der Waals surface area contributed by atoms with Gasteiger partial charge in [0.05, 0.1) is 0 Å². The molecule has 0 aliphatic carbocycles. The van der Waals surface area contributed by atoms with Crippen molar-refractivity contribution in [3.8, 4) is 0 Å². The third-order valence-corrected chi connectivity index (χ3v) is 3.44. The van der Waals surface area contributed by atoms with E-state index < -0.39 is 0 Å². The van der Waals surface area contributed by atoms with E-state index in [1.807, 2.05) is 0 Å². The smallest absolute Gasteiger partial charge is 0.0166 e. The lowest BCUT2D eigenvalue weighted by Gasteiger charge is -2.41. The van der Waals surface area contributed by atoms with Gasteiger partial charge in [-0.15, -0.1) is 0 Å². The van der Waals surface area contributed by atoms with Crippen LogP contribution in [0, 0.1) is 5.92 Å². The van der Waals surface area contributed by atoms with E-state index in [4.69, 9.17) is 0 Å². The van der Waals surface area contributed by atoms with Gasteiger partial charge in [-0.1, -0.05) is 13.8 Å². The zero-order valence-electron chi connectivity index (χ0n) is 11.5. The second kappa shape index (κ2) is 6.58. The Kier molecular flexibility index (Phi) is 5.73. The number of nitrogens with zero attached hydrogens (tertiary/aromatic N) is 1. The summed E-state index contributed by atoms with van der Waals surface area (Å²) in [5.41, 5.74) is 0.339. The Morgan fingerprint density at radius 1 is 1.25 bits per heavy atom. The van der Waals surface area contributed by atoms with Gasteiger partial charge in [0.25, 0.3) is 0 Å². The van der Waals surface area contributed by atoms with Crippen molar-refractivity contribution in [3.05, 3.63) is 0 Å². The highest BCUT2D eigenvalue weighted by Crippen LogP contribution is 2.18. The molecule has 3 nitrogen and oxygen atoms in total. The maximum Gasteiger partial charge on any atom is 0.0166 e. The first-order valence-corrected chi connectivity index (χ1v) is 6.69. The van der Waals surface area contributed by atoms with Crippen molar-refractivity contribution in [3.63, 3.8) is 0 Å². The van der Waals surface area contributed by atoms with Crippen molar-refractivity contribution < 1.29 is 0 Å². The third kappa shape index (κ3) is 4.81. The molecule has 0 radical (unpaired) electrons. The van der Waals surface area contributed by atoms with E-state index in [-0.39, 0.29) is 0 Å². The van der Waals surface area contributed by atoms with Crippen LogP contribution in [-0.2, 0) is 0 Å². The van der Waals surface area contributed by atoms with Crippen LogP contribution in [0.4, 0.5) is 0 Å². The third-order valence-electron chi connectivity index (χ3n) is 3.44. The molecule has 1 heterocycles. The molecule has 2 N–H and O–H groups in total. The normalized spacial score (nSPS) is 19.3. The molecule has 1 fully saturated rings. The van der Waals surface area contributed by atoms with E-state index in [0.717, 1.165) is 32.1 Å². The van der Waals surface area contributed by atoms with E-state index in [1.54, 1.807) is 0 Å². The molecule has 0 atom stereocenters. The van der Waals surface area contributed by atoms with Crippen LogP contribution in [0.15, 0.2) is 0 Å². The number of nitrogens with one attached hydrogen (secondary N) is 2. The van der Waals surface area contributed by atoms with E-state index in [0.29, 0.717) is 5.54 Å². The van der Waals surface area contributed by atoms with E-state index in [1.165, 1.54) is 19.5 Å². The summed E-state index contributed by atoms with van der Waals surface area (Å²) in [6, 6.07) is 0. The zero-order chi connectivity index (χ0) is 12.0. The van der Waals surface area contributed by atoms with Crippen LogP contribution in [0.25, 0.3) is 0 Å². The SMILES string of the molecule is CC(C)CNCCC(C)(C)N1CCNCC1. The summed E-state index contributed by atoms with van der Waals surface area (Å²) in [7, 11) is 0. The quantitative estimate of drug-likeness (QED) is 0.670. The Balaban J connectivity index is 2.21. The van der Waals surface area contributed by atoms with Crippen LogP contribution in [0.1, 0.15) is 34.1 Å². The predicted octanol–water partition coefficient (Wildman–Crippen LogP) is 1.31. The van der Waals surface area contributed by atoms with Gasteiger partial charge >= 0.3 is 0 Å². The van der Waals surface area contributed by atoms with Gasteiger partial charge in [0.2, 0.25) is 0 Å². The Morgan fingerprint density at radius 2 is 1.88 bits per heavy atom. The molecule has 16 heavy (non-hydrogen) atoms. The molecular formula is C13H29N3. The fraction of sp³-hybridized carbons (Fsp3) is 1.00. The highest BCUT2D eigenvalue weighted by Gasteiger charge is 2.26. The second-order valence-corrected chi connectivity index (χ2v) is 5.90. The molecule has 1 saturated heterocycles. The molecule has 1 rings (SSSR count). The van der Waals surface area contributed by atoms with Gasteiger partial charge in [0.15, 0.2) is 0 Å². The second-order valence-electron chi connectivity index (χ2n) is 5.90. The molecule has 0 amide bonds. The molecule has 0 unspecified atom stereocenters. The molecular weight excluding hydrogens is 198 g/mol. The van der Waals surface area contributed by atoms with Gasteiger partial charge in [0.1, 0.15) is 0 Å². The first kappa shape index (κ1) is 13.9. The number of hydrogen-bond donors (Lipinski definition) is 2. The fourth-order valence-corrected chi connectivity index (χ4v) is 2.21. The standard InChI is InChI=1S/C13H29N3/c1-12(2)11-15-6-5-13(3,4)16-9-7-14-8-10-16/h12,14-15H,5-11H2,1-4H3. The molecule has 0 spiro atoms. The van der Waals surface area contributed by atoms with Gasteiger partial charge in [0, 0.05) is 31.7 Å². The number of piperazine rings is 1. The molecule has 0 aromatic rings. The van der Waals surface area contributed by atoms with Crippen molar-refractivity contribution in [2.24, 2.45) is 5.92 Å². The Morgan fingerprint density at radius 3 is 2.44 bits per heavy atom. The Hall–Kier alpha value is -0.120. The van der Waals surface area contributed by atoms with Gasteiger partial charge in [-0.25, -0.2) is 0 Å². The maximum atomic E-state index is 3.54. The van der Waals surface area contributed by atoms with Gasteiger partial charge in [-0.2, -0.15) is 0 Å².